The summed E-state index contributed by atoms with van der Waals surface area (Å²) in [5, 5.41) is 19.2. The van der Waals surface area contributed by atoms with Crippen LogP contribution in [0.3, 0.4) is 0 Å². The molecule has 0 spiro atoms. The summed E-state index contributed by atoms with van der Waals surface area (Å²) in [5.74, 6) is -0.425. The lowest BCUT2D eigenvalue weighted by molar-refractivity contribution is -0.133. The molecule has 0 bridgehead atoms. The predicted octanol–water partition coefficient (Wildman–Crippen LogP) is 2.85. The molecule has 0 radical (unpaired) electrons. The zero-order chi connectivity index (χ0) is 15.4. The van der Waals surface area contributed by atoms with Crippen molar-refractivity contribution in [2.45, 2.75) is 32.1 Å². The fourth-order valence-electron chi connectivity index (χ4n) is 2.76. The Kier molecular flexibility index (Phi) is 4.18. The van der Waals surface area contributed by atoms with E-state index < -0.39 is 5.97 Å². The summed E-state index contributed by atoms with van der Waals surface area (Å²) in [6, 6.07) is 7.69. The number of hydrazine groups is 1. The van der Waals surface area contributed by atoms with Gasteiger partial charge in [-0.3, -0.25) is 10.9 Å². The maximum absolute atomic E-state index is 11.5. The zero-order valence-electron chi connectivity index (χ0n) is 12.2. The Balaban J connectivity index is 1.84. The predicted molar refractivity (Wildman–Crippen MR) is 84.0 cm³/mol. The van der Waals surface area contributed by atoms with Gasteiger partial charge in [-0.05, 0) is 31.3 Å². The SMILES string of the molecule is O=C(O)C(NNc1nncc2ccccc12)=C1CCCCC1. The molecule has 1 heterocycles. The van der Waals surface area contributed by atoms with E-state index in [9.17, 15) is 9.90 Å². The average Bonchev–Trinajstić information content (AvgIpc) is 2.56. The Labute approximate surface area is 128 Å². The first-order valence-corrected chi connectivity index (χ1v) is 7.43. The van der Waals surface area contributed by atoms with Crippen molar-refractivity contribution in [3.8, 4) is 0 Å². The van der Waals surface area contributed by atoms with Crippen LogP contribution in [-0.4, -0.2) is 21.3 Å². The molecule has 22 heavy (non-hydrogen) atoms. The highest BCUT2D eigenvalue weighted by Gasteiger charge is 2.17. The van der Waals surface area contributed by atoms with Crippen LogP contribution in [0.15, 0.2) is 41.7 Å². The standard InChI is InChI=1S/C16H18N4O2/c21-16(22)14(11-6-2-1-3-7-11)18-20-15-13-9-5-4-8-12(13)10-17-19-15/h4-5,8-10,18H,1-3,6-7H2,(H,19,20)(H,21,22). The fourth-order valence-corrected chi connectivity index (χ4v) is 2.76. The van der Waals surface area contributed by atoms with Gasteiger partial charge in [0, 0.05) is 10.8 Å². The van der Waals surface area contributed by atoms with Crippen LogP contribution < -0.4 is 10.9 Å². The molecule has 3 rings (SSSR count). The van der Waals surface area contributed by atoms with Crippen molar-refractivity contribution in [1.29, 1.82) is 0 Å². The number of benzene rings is 1. The van der Waals surface area contributed by atoms with Gasteiger partial charge in [-0.25, -0.2) is 4.79 Å². The smallest absolute Gasteiger partial charge is 0.353 e. The van der Waals surface area contributed by atoms with Crippen molar-refractivity contribution in [2.75, 3.05) is 5.43 Å². The van der Waals surface area contributed by atoms with Crippen LogP contribution in [0, 0.1) is 0 Å². The van der Waals surface area contributed by atoms with Crippen LogP contribution in [0.4, 0.5) is 5.82 Å². The second-order valence-corrected chi connectivity index (χ2v) is 5.37. The molecule has 1 aromatic carbocycles. The van der Waals surface area contributed by atoms with Gasteiger partial charge >= 0.3 is 5.97 Å². The number of anilines is 1. The topological polar surface area (TPSA) is 87.1 Å². The average molecular weight is 298 g/mol. The van der Waals surface area contributed by atoms with Gasteiger partial charge in [-0.2, -0.15) is 5.10 Å². The monoisotopic (exact) mass is 298 g/mol. The minimum Gasteiger partial charge on any atom is -0.477 e. The molecule has 1 aromatic heterocycles. The van der Waals surface area contributed by atoms with Crippen molar-refractivity contribution in [3.63, 3.8) is 0 Å². The van der Waals surface area contributed by atoms with Crippen LogP contribution in [0.5, 0.6) is 0 Å². The van der Waals surface area contributed by atoms with Gasteiger partial charge in [0.25, 0.3) is 0 Å². The van der Waals surface area contributed by atoms with Crippen LogP contribution in [0.2, 0.25) is 0 Å². The van der Waals surface area contributed by atoms with E-state index in [1.54, 1.807) is 6.20 Å². The molecule has 0 amide bonds. The third kappa shape index (κ3) is 3.00. The van der Waals surface area contributed by atoms with E-state index in [4.69, 9.17) is 0 Å². The highest BCUT2D eigenvalue weighted by molar-refractivity contribution is 5.91. The number of carbonyl (C=O) groups is 1. The lowest BCUT2D eigenvalue weighted by Crippen LogP contribution is -2.29. The molecule has 1 aliphatic carbocycles. The van der Waals surface area contributed by atoms with Crippen LogP contribution in [0.1, 0.15) is 32.1 Å². The van der Waals surface area contributed by atoms with Crippen LogP contribution in [-0.2, 0) is 4.79 Å². The number of rotatable bonds is 4. The third-order valence-electron chi connectivity index (χ3n) is 3.90. The van der Waals surface area contributed by atoms with Crippen molar-refractivity contribution < 1.29 is 9.90 Å². The fraction of sp³-hybridized carbons (Fsp3) is 0.312. The number of aliphatic carboxylic acids is 1. The zero-order valence-corrected chi connectivity index (χ0v) is 12.2. The maximum Gasteiger partial charge on any atom is 0.353 e. The Morgan fingerprint density at radius 1 is 1.14 bits per heavy atom. The van der Waals surface area contributed by atoms with E-state index in [0.717, 1.165) is 42.0 Å². The van der Waals surface area contributed by atoms with Gasteiger partial charge < -0.3 is 5.11 Å². The Morgan fingerprint density at radius 2 is 1.91 bits per heavy atom. The summed E-state index contributed by atoms with van der Waals surface area (Å²) in [4.78, 5) is 11.5. The molecule has 1 aliphatic rings. The van der Waals surface area contributed by atoms with Gasteiger partial charge in [0.2, 0.25) is 0 Å². The molecular formula is C16H18N4O2. The number of carboxylic acids is 1. The summed E-state index contributed by atoms with van der Waals surface area (Å²) in [6.07, 6.45) is 6.59. The molecule has 6 nitrogen and oxygen atoms in total. The van der Waals surface area contributed by atoms with Gasteiger partial charge in [-0.1, -0.05) is 30.7 Å². The first kappa shape index (κ1) is 14.3. The molecule has 0 atom stereocenters. The molecule has 6 heteroatoms. The van der Waals surface area contributed by atoms with Gasteiger partial charge in [0.05, 0.1) is 6.20 Å². The Hall–Kier alpha value is -2.63. The lowest BCUT2D eigenvalue weighted by Gasteiger charge is -2.18. The minimum atomic E-state index is -0.947. The van der Waals surface area contributed by atoms with E-state index in [1.807, 2.05) is 24.3 Å². The second kappa shape index (κ2) is 6.43. The number of allylic oxidation sites excluding steroid dienone is 1. The first-order valence-electron chi connectivity index (χ1n) is 7.43. The molecule has 0 aliphatic heterocycles. The number of nitrogens with zero attached hydrogens (tertiary/aromatic N) is 2. The summed E-state index contributed by atoms with van der Waals surface area (Å²) >= 11 is 0. The number of fused-ring (bicyclic) bond motifs is 1. The molecule has 2 aromatic rings. The van der Waals surface area contributed by atoms with Crippen LogP contribution in [0.25, 0.3) is 10.8 Å². The van der Waals surface area contributed by atoms with Crippen molar-refractivity contribution in [2.24, 2.45) is 0 Å². The summed E-state index contributed by atoms with van der Waals surface area (Å²) in [5.41, 5.74) is 6.92. The van der Waals surface area contributed by atoms with E-state index in [2.05, 4.69) is 21.0 Å². The molecule has 114 valence electrons. The van der Waals surface area contributed by atoms with Gasteiger partial charge in [-0.15, -0.1) is 5.10 Å². The molecule has 1 saturated carbocycles. The van der Waals surface area contributed by atoms with E-state index in [-0.39, 0.29) is 5.70 Å². The highest BCUT2D eigenvalue weighted by Crippen LogP contribution is 2.25. The van der Waals surface area contributed by atoms with Crippen molar-refractivity contribution in [3.05, 3.63) is 41.7 Å². The molecule has 0 saturated heterocycles. The minimum absolute atomic E-state index is 0.231. The van der Waals surface area contributed by atoms with E-state index >= 15 is 0 Å². The third-order valence-corrected chi connectivity index (χ3v) is 3.90. The van der Waals surface area contributed by atoms with Crippen molar-refractivity contribution >= 4 is 22.6 Å². The molecule has 1 fully saturated rings. The molecular weight excluding hydrogens is 280 g/mol. The van der Waals surface area contributed by atoms with Crippen molar-refractivity contribution in [1.82, 2.24) is 15.6 Å². The molecule has 0 unspecified atom stereocenters. The largest absolute Gasteiger partial charge is 0.477 e. The number of carboxylic acid groups (broad SMARTS) is 1. The van der Waals surface area contributed by atoms with E-state index in [0.29, 0.717) is 5.82 Å². The normalized spacial score (nSPS) is 14.6. The number of hydrogen-bond donors (Lipinski definition) is 3. The summed E-state index contributed by atoms with van der Waals surface area (Å²) in [6.45, 7) is 0. The summed E-state index contributed by atoms with van der Waals surface area (Å²) in [7, 11) is 0. The number of aromatic nitrogens is 2. The number of nitrogens with one attached hydrogen (secondary N) is 2. The number of hydrogen-bond acceptors (Lipinski definition) is 5. The highest BCUT2D eigenvalue weighted by atomic mass is 16.4. The lowest BCUT2D eigenvalue weighted by atomic mass is 9.93. The quantitative estimate of drug-likeness (QED) is 0.594. The first-order chi connectivity index (χ1) is 10.8. The second-order valence-electron chi connectivity index (χ2n) is 5.37. The van der Waals surface area contributed by atoms with E-state index in [1.165, 1.54) is 6.42 Å². The van der Waals surface area contributed by atoms with Gasteiger partial charge in [0.15, 0.2) is 5.82 Å². The Bertz CT molecular complexity index is 714. The van der Waals surface area contributed by atoms with Crippen LogP contribution >= 0.6 is 0 Å². The Morgan fingerprint density at radius 3 is 2.68 bits per heavy atom. The molecule has 3 N–H and O–H groups in total. The van der Waals surface area contributed by atoms with Gasteiger partial charge in [0.1, 0.15) is 5.70 Å². The maximum atomic E-state index is 11.5. The summed E-state index contributed by atoms with van der Waals surface area (Å²) < 4.78 is 0.